The third kappa shape index (κ3) is 2.72. The summed E-state index contributed by atoms with van der Waals surface area (Å²) in [6.07, 6.45) is 0.586. The first-order valence-electron chi connectivity index (χ1n) is 6.66. The molecule has 0 spiro atoms. The monoisotopic (exact) mass is 304 g/mol. The molecule has 0 fully saturated rings. The van der Waals surface area contributed by atoms with Crippen LogP contribution in [-0.4, -0.2) is 15.0 Å². The Labute approximate surface area is 123 Å². The van der Waals surface area contributed by atoms with Crippen LogP contribution in [0.4, 0.5) is 5.69 Å². The second-order valence-corrected chi connectivity index (χ2v) is 6.57. The predicted molar refractivity (Wildman–Crippen MR) is 80.5 cm³/mol. The van der Waals surface area contributed by atoms with Gasteiger partial charge in [0.25, 0.3) is 0 Å². The van der Waals surface area contributed by atoms with E-state index >= 15 is 0 Å². The average Bonchev–Trinajstić information content (AvgIpc) is 2.47. The molecule has 1 heterocycles. The predicted octanol–water partition coefficient (Wildman–Crippen LogP) is 2.07. The number of fused-ring (bicyclic) bond motifs is 1. The number of anilines is 1. The molecule has 0 amide bonds. The number of sulfonamides is 1. The highest BCUT2D eigenvalue weighted by atomic mass is 32.2. The molecule has 110 valence electrons. The third-order valence-electron chi connectivity index (χ3n) is 3.46. The van der Waals surface area contributed by atoms with Gasteiger partial charge in [0.2, 0.25) is 10.0 Å². The molecule has 0 saturated heterocycles. The lowest BCUT2D eigenvalue weighted by Crippen LogP contribution is -2.32. The van der Waals surface area contributed by atoms with Crippen LogP contribution in [0.25, 0.3) is 0 Å². The van der Waals surface area contributed by atoms with Crippen LogP contribution in [-0.2, 0) is 10.0 Å². The molecule has 0 saturated carbocycles. The van der Waals surface area contributed by atoms with Crippen LogP contribution in [0.2, 0.25) is 0 Å². The minimum absolute atomic E-state index is 0.106. The fraction of sp³-hybridized carbons (Fsp3) is 0.200. The largest absolute Gasteiger partial charge is 0.493 e. The molecule has 3 N–H and O–H groups in total. The molecular weight excluding hydrogens is 288 g/mol. The number of ether oxygens (including phenoxy) is 1. The van der Waals surface area contributed by atoms with Gasteiger partial charge in [0.1, 0.15) is 10.6 Å². The number of hydrogen-bond donors (Lipinski definition) is 2. The topological polar surface area (TPSA) is 81.4 Å². The van der Waals surface area contributed by atoms with Gasteiger partial charge >= 0.3 is 0 Å². The van der Waals surface area contributed by atoms with Crippen molar-refractivity contribution in [2.24, 2.45) is 0 Å². The lowest BCUT2D eigenvalue weighted by atomic mass is 10.0. The summed E-state index contributed by atoms with van der Waals surface area (Å²) in [6.45, 7) is 0.481. The zero-order chi connectivity index (χ0) is 14.9. The molecule has 3 rings (SSSR count). The Morgan fingerprint density at radius 2 is 1.81 bits per heavy atom. The third-order valence-corrected chi connectivity index (χ3v) is 5.01. The summed E-state index contributed by atoms with van der Waals surface area (Å²) >= 11 is 0. The number of para-hydroxylation sites is 2. The highest BCUT2D eigenvalue weighted by Crippen LogP contribution is 2.33. The van der Waals surface area contributed by atoms with E-state index in [1.807, 2.05) is 24.3 Å². The van der Waals surface area contributed by atoms with E-state index in [2.05, 4.69) is 4.72 Å². The Morgan fingerprint density at radius 3 is 2.62 bits per heavy atom. The molecule has 1 aliphatic rings. The normalized spacial score (nSPS) is 17.8. The number of nitrogens with two attached hydrogens (primary N) is 1. The quantitative estimate of drug-likeness (QED) is 0.851. The number of nitrogen functional groups attached to an aromatic ring is 1. The van der Waals surface area contributed by atoms with Crippen LogP contribution in [0.3, 0.4) is 0 Å². The van der Waals surface area contributed by atoms with Crippen molar-refractivity contribution in [1.29, 1.82) is 0 Å². The van der Waals surface area contributed by atoms with Crippen LogP contribution in [0.5, 0.6) is 5.75 Å². The van der Waals surface area contributed by atoms with Gasteiger partial charge in [-0.25, -0.2) is 13.1 Å². The molecule has 21 heavy (non-hydrogen) atoms. The van der Waals surface area contributed by atoms with Gasteiger partial charge in [0, 0.05) is 12.0 Å². The molecule has 1 unspecified atom stereocenters. The number of benzene rings is 2. The highest BCUT2D eigenvalue weighted by molar-refractivity contribution is 7.89. The Morgan fingerprint density at radius 1 is 1.10 bits per heavy atom. The molecule has 1 atom stereocenters. The van der Waals surface area contributed by atoms with Gasteiger partial charge in [-0.2, -0.15) is 0 Å². The maximum absolute atomic E-state index is 12.5. The molecule has 2 aromatic rings. The minimum Gasteiger partial charge on any atom is -0.493 e. The lowest BCUT2D eigenvalue weighted by Gasteiger charge is -2.26. The van der Waals surface area contributed by atoms with Crippen molar-refractivity contribution in [1.82, 2.24) is 4.72 Å². The summed E-state index contributed by atoms with van der Waals surface area (Å²) in [6, 6.07) is 13.6. The molecule has 0 aliphatic carbocycles. The summed E-state index contributed by atoms with van der Waals surface area (Å²) < 4.78 is 33.3. The van der Waals surface area contributed by atoms with Gasteiger partial charge < -0.3 is 10.5 Å². The molecule has 2 aromatic carbocycles. The van der Waals surface area contributed by atoms with Crippen molar-refractivity contribution in [2.45, 2.75) is 17.4 Å². The van der Waals surface area contributed by atoms with Gasteiger partial charge in [-0.3, -0.25) is 0 Å². The maximum Gasteiger partial charge on any atom is 0.243 e. The van der Waals surface area contributed by atoms with Crippen LogP contribution in [0.15, 0.2) is 53.4 Å². The van der Waals surface area contributed by atoms with E-state index in [9.17, 15) is 8.42 Å². The molecule has 5 nitrogen and oxygen atoms in total. The van der Waals surface area contributed by atoms with E-state index in [0.717, 1.165) is 11.3 Å². The summed E-state index contributed by atoms with van der Waals surface area (Å²) in [5, 5.41) is 0. The first-order chi connectivity index (χ1) is 10.1. The summed E-state index contributed by atoms with van der Waals surface area (Å²) in [5.41, 5.74) is 6.85. The zero-order valence-corrected chi connectivity index (χ0v) is 12.1. The van der Waals surface area contributed by atoms with Gasteiger partial charge in [0.15, 0.2) is 0 Å². The number of rotatable bonds is 3. The average molecular weight is 304 g/mol. The van der Waals surface area contributed by atoms with Crippen molar-refractivity contribution in [3.8, 4) is 5.75 Å². The second kappa shape index (κ2) is 5.38. The van der Waals surface area contributed by atoms with Gasteiger partial charge in [0.05, 0.1) is 18.3 Å². The smallest absolute Gasteiger partial charge is 0.243 e. The van der Waals surface area contributed by atoms with E-state index in [1.165, 1.54) is 6.07 Å². The molecule has 0 radical (unpaired) electrons. The van der Waals surface area contributed by atoms with Crippen molar-refractivity contribution in [3.05, 3.63) is 54.1 Å². The van der Waals surface area contributed by atoms with Crippen molar-refractivity contribution in [3.63, 3.8) is 0 Å². The van der Waals surface area contributed by atoms with Crippen molar-refractivity contribution >= 4 is 15.7 Å². The van der Waals surface area contributed by atoms with Gasteiger partial charge in [-0.05, 0) is 18.2 Å². The molecular formula is C15H16N2O3S. The zero-order valence-electron chi connectivity index (χ0n) is 11.3. The molecule has 6 heteroatoms. The second-order valence-electron chi connectivity index (χ2n) is 4.89. The van der Waals surface area contributed by atoms with E-state index in [4.69, 9.17) is 10.5 Å². The van der Waals surface area contributed by atoms with Crippen LogP contribution in [0.1, 0.15) is 18.0 Å². The van der Waals surface area contributed by atoms with Crippen molar-refractivity contribution < 1.29 is 13.2 Å². The standard InChI is InChI=1S/C15H16N2O3S/c16-12-6-2-4-8-15(12)21(18,19)17-13-9-10-20-14-7-3-1-5-11(13)14/h1-8,13,17H,9-10,16H2. The molecule has 1 aliphatic heterocycles. The van der Waals surface area contributed by atoms with E-state index < -0.39 is 10.0 Å². The highest BCUT2D eigenvalue weighted by Gasteiger charge is 2.27. The van der Waals surface area contributed by atoms with Crippen LogP contribution in [0, 0.1) is 0 Å². The van der Waals surface area contributed by atoms with Gasteiger partial charge in [-0.15, -0.1) is 0 Å². The molecule has 0 aromatic heterocycles. The Bertz CT molecular complexity index is 759. The number of nitrogens with one attached hydrogen (secondary N) is 1. The van der Waals surface area contributed by atoms with E-state index in [1.54, 1.807) is 18.2 Å². The van der Waals surface area contributed by atoms with E-state index in [0.29, 0.717) is 13.0 Å². The SMILES string of the molecule is Nc1ccccc1S(=O)(=O)NC1CCOc2ccccc21. The summed E-state index contributed by atoms with van der Waals surface area (Å²) in [5.74, 6) is 0.720. The maximum atomic E-state index is 12.5. The molecule has 0 bridgehead atoms. The summed E-state index contributed by atoms with van der Waals surface area (Å²) in [4.78, 5) is 0.106. The number of hydrogen-bond acceptors (Lipinski definition) is 4. The first kappa shape index (κ1) is 13.9. The minimum atomic E-state index is -3.66. The lowest BCUT2D eigenvalue weighted by molar-refractivity contribution is 0.263. The van der Waals surface area contributed by atoms with E-state index in [-0.39, 0.29) is 16.6 Å². The van der Waals surface area contributed by atoms with Crippen LogP contribution < -0.4 is 15.2 Å². The fourth-order valence-corrected chi connectivity index (χ4v) is 3.82. The fourth-order valence-electron chi connectivity index (χ4n) is 2.44. The Kier molecular flexibility index (Phi) is 3.57. The summed E-state index contributed by atoms with van der Waals surface area (Å²) in [7, 11) is -3.66. The first-order valence-corrected chi connectivity index (χ1v) is 8.15. The van der Waals surface area contributed by atoms with Crippen molar-refractivity contribution in [2.75, 3.05) is 12.3 Å². The van der Waals surface area contributed by atoms with Crippen LogP contribution >= 0.6 is 0 Å². The Hall–Kier alpha value is -2.05. The Balaban J connectivity index is 1.93. The van der Waals surface area contributed by atoms with Gasteiger partial charge in [-0.1, -0.05) is 30.3 Å².